The number of oxime groups is 1. The van der Waals surface area contributed by atoms with E-state index in [-0.39, 0.29) is 0 Å². The van der Waals surface area contributed by atoms with Crippen LogP contribution in [0.5, 0.6) is 0 Å². The van der Waals surface area contributed by atoms with Gasteiger partial charge in [-0.25, -0.2) is 0 Å². The molecular weight excluding hydrogens is 329 g/mol. The van der Waals surface area contributed by atoms with Crippen molar-refractivity contribution in [2.24, 2.45) is 39.7 Å². The molecule has 3 saturated carbocycles. The lowest BCUT2D eigenvalue weighted by Crippen LogP contribution is -2.50. The monoisotopic (exact) mass is 361 g/mol. The maximum atomic E-state index is 11.4. The molecular formula is C21H32NO2P. The summed E-state index contributed by atoms with van der Waals surface area (Å²) in [4.78, 5) is 0. The Balaban J connectivity index is 1.64. The van der Waals surface area contributed by atoms with Crippen LogP contribution in [-0.2, 0) is 4.57 Å². The van der Waals surface area contributed by atoms with E-state index in [1.807, 2.05) is 6.92 Å². The molecule has 7 atom stereocenters. The van der Waals surface area contributed by atoms with Gasteiger partial charge in [0.05, 0.1) is 5.71 Å². The Morgan fingerprint density at radius 2 is 2.00 bits per heavy atom. The second kappa shape index (κ2) is 6.19. The zero-order valence-corrected chi connectivity index (χ0v) is 16.8. The summed E-state index contributed by atoms with van der Waals surface area (Å²) >= 11 is 0. The third kappa shape index (κ3) is 2.48. The van der Waals surface area contributed by atoms with E-state index in [1.54, 1.807) is 5.57 Å². The number of allylic oxidation sites excluding steroid dienone is 2. The fourth-order valence-corrected chi connectivity index (χ4v) is 7.99. The van der Waals surface area contributed by atoms with E-state index in [0.29, 0.717) is 30.9 Å². The normalized spacial score (nSPS) is 50.0. The van der Waals surface area contributed by atoms with Crippen molar-refractivity contribution in [1.29, 1.82) is 0 Å². The molecule has 0 aromatic heterocycles. The maximum Gasteiger partial charge on any atom is 0.158 e. The molecule has 4 rings (SSSR count). The molecule has 4 aliphatic carbocycles. The van der Waals surface area contributed by atoms with Crippen LogP contribution in [0.2, 0.25) is 0 Å². The molecule has 0 aliphatic heterocycles. The second-order valence-electron chi connectivity index (χ2n) is 9.68. The number of hydrogen-bond donors (Lipinski definition) is 1. The van der Waals surface area contributed by atoms with Gasteiger partial charge in [-0.1, -0.05) is 30.7 Å². The highest BCUT2D eigenvalue weighted by Crippen LogP contribution is 2.66. The van der Waals surface area contributed by atoms with E-state index >= 15 is 0 Å². The van der Waals surface area contributed by atoms with Crippen LogP contribution in [0.25, 0.3) is 0 Å². The first-order chi connectivity index (χ1) is 11.9. The number of rotatable bonds is 2. The van der Waals surface area contributed by atoms with Gasteiger partial charge in [-0.3, -0.25) is 4.57 Å². The van der Waals surface area contributed by atoms with Crippen molar-refractivity contribution in [2.75, 3.05) is 0 Å². The highest BCUT2D eigenvalue weighted by molar-refractivity contribution is 7.24. The zero-order valence-electron chi connectivity index (χ0n) is 15.9. The summed E-state index contributed by atoms with van der Waals surface area (Å²) < 4.78 is 11.4. The summed E-state index contributed by atoms with van der Waals surface area (Å²) in [6.45, 7) is 6.98. The van der Waals surface area contributed by atoms with Gasteiger partial charge in [0.1, 0.15) is 0 Å². The average molecular weight is 361 g/mol. The molecule has 0 spiro atoms. The van der Waals surface area contributed by atoms with Crippen molar-refractivity contribution in [3.8, 4) is 0 Å². The molecule has 0 amide bonds. The van der Waals surface area contributed by atoms with Crippen molar-refractivity contribution < 1.29 is 9.77 Å². The Morgan fingerprint density at radius 3 is 2.72 bits per heavy atom. The molecule has 4 unspecified atom stereocenters. The number of fused-ring (bicyclic) bond motifs is 5. The second-order valence-corrected chi connectivity index (χ2v) is 10.6. The van der Waals surface area contributed by atoms with Gasteiger partial charge in [0.15, 0.2) is 8.46 Å². The fraction of sp³-hybridized carbons (Fsp3) is 0.857. The molecule has 3 fully saturated rings. The molecule has 25 heavy (non-hydrogen) atoms. The molecule has 4 aliphatic rings. The first-order valence-electron chi connectivity index (χ1n) is 10.1. The van der Waals surface area contributed by atoms with E-state index in [9.17, 15) is 9.77 Å². The summed E-state index contributed by atoms with van der Waals surface area (Å²) in [5.74, 6) is 2.79. The van der Waals surface area contributed by atoms with Gasteiger partial charge in [-0.15, -0.1) is 0 Å². The van der Waals surface area contributed by atoms with Crippen molar-refractivity contribution >= 4 is 14.2 Å². The Morgan fingerprint density at radius 1 is 1.20 bits per heavy atom. The Bertz CT molecular complexity index is 629. The first-order valence-corrected chi connectivity index (χ1v) is 11.0. The molecule has 4 heteroatoms. The van der Waals surface area contributed by atoms with Crippen LogP contribution in [0.3, 0.4) is 0 Å². The van der Waals surface area contributed by atoms with Gasteiger partial charge >= 0.3 is 0 Å². The minimum Gasteiger partial charge on any atom is -0.411 e. The van der Waals surface area contributed by atoms with Gasteiger partial charge in [0.25, 0.3) is 0 Å². The molecule has 0 aromatic carbocycles. The lowest BCUT2D eigenvalue weighted by Gasteiger charge is -2.58. The van der Waals surface area contributed by atoms with Crippen LogP contribution >= 0.6 is 8.46 Å². The number of hydrogen-bond acceptors (Lipinski definition) is 3. The predicted molar refractivity (Wildman–Crippen MR) is 101 cm³/mol. The van der Waals surface area contributed by atoms with E-state index in [2.05, 4.69) is 25.1 Å². The van der Waals surface area contributed by atoms with E-state index in [1.165, 1.54) is 38.5 Å². The topological polar surface area (TPSA) is 49.7 Å². The average Bonchev–Trinajstić information content (AvgIpc) is 2.97. The lowest BCUT2D eigenvalue weighted by atomic mass is 9.47. The Kier molecular flexibility index (Phi) is 4.38. The number of nitrogens with zero attached hydrogens (tertiary/aromatic N) is 1. The van der Waals surface area contributed by atoms with Crippen LogP contribution in [0.15, 0.2) is 16.8 Å². The standard InChI is InChI=1S/C21H32NO2P/c1-13(22-23)17-6-7-18-16-5-4-14-12-15(25-24)8-10-20(14,2)19(16)9-11-21(17,18)3/h4,15-19,23H,5-12H2,1-3H3/b22-13+/t15?,16?,17-,18?,19?,20+,21-/m1/s1. The van der Waals surface area contributed by atoms with Crippen molar-refractivity contribution in [3.63, 3.8) is 0 Å². The molecule has 0 radical (unpaired) electrons. The van der Waals surface area contributed by atoms with Crippen LogP contribution in [0.4, 0.5) is 0 Å². The lowest BCUT2D eigenvalue weighted by molar-refractivity contribution is -0.0323. The molecule has 0 heterocycles. The van der Waals surface area contributed by atoms with Gasteiger partial charge in [0.2, 0.25) is 0 Å². The van der Waals surface area contributed by atoms with Crippen LogP contribution < -0.4 is 0 Å². The van der Waals surface area contributed by atoms with Crippen molar-refractivity contribution in [3.05, 3.63) is 11.6 Å². The van der Waals surface area contributed by atoms with Gasteiger partial charge in [0, 0.05) is 11.6 Å². The third-order valence-electron chi connectivity index (χ3n) is 8.89. The Labute approximate surface area is 153 Å². The smallest absolute Gasteiger partial charge is 0.158 e. The molecule has 138 valence electrons. The summed E-state index contributed by atoms with van der Waals surface area (Å²) in [5, 5.41) is 12.9. The van der Waals surface area contributed by atoms with E-state index < -0.39 is 0 Å². The van der Waals surface area contributed by atoms with Crippen LogP contribution in [-0.4, -0.2) is 16.6 Å². The molecule has 0 saturated heterocycles. The zero-order chi connectivity index (χ0) is 17.8. The SMILES string of the molecule is C/C(=N\O)[C@H]1CCC2C3CC=C4CC(P=O)CC[C@]4(C)C3CC[C@@]21C. The summed E-state index contributed by atoms with van der Waals surface area (Å²) in [5.41, 5.74) is 3.55. The van der Waals surface area contributed by atoms with Crippen molar-refractivity contribution in [1.82, 2.24) is 0 Å². The highest BCUT2D eigenvalue weighted by Gasteiger charge is 2.59. The van der Waals surface area contributed by atoms with Gasteiger partial charge < -0.3 is 5.21 Å². The summed E-state index contributed by atoms with van der Waals surface area (Å²) in [7, 11) is 0.341. The highest BCUT2D eigenvalue weighted by atomic mass is 31.1. The van der Waals surface area contributed by atoms with Crippen LogP contribution in [0, 0.1) is 34.5 Å². The molecule has 1 N–H and O–H groups in total. The third-order valence-corrected chi connectivity index (χ3v) is 9.63. The summed E-state index contributed by atoms with van der Waals surface area (Å²) in [6.07, 6.45) is 12.2. The van der Waals surface area contributed by atoms with Crippen LogP contribution in [0.1, 0.15) is 72.1 Å². The summed E-state index contributed by atoms with van der Waals surface area (Å²) in [6, 6.07) is 0. The molecule has 0 bridgehead atoms. The minimum atomic E-state index is 0.310. The Hall–Kier alpha value is -0.690. The van der Waals surface area contributed by atoms with Gasteiger partial charge in [-0.2, -0.15) is 0 Å². The maximum absolute atomic E-state index is 11.4. The first kappa shape index (κ1) is 17.7. The molecule has 3 nitrogen and oxygen atoms in total. The van der Waals surface area contributed by atoms with Crippen molar-refractivity contribution in [2.45, 2.75) is 77.8 Å². The van der Waals surface area contributed by atoms with Gasteiger partial charge in [-0.05, 0) is 86.9 Å². The van der Waals surface area contributed by atoms with E-state index in [4.69, 9.17) is 0 Å². The largest absolute Gasteiger partial charge is 0.411 e. The van der Waals surface area contributed by atoms with E-state index in [0.717, 1.165) is 36.3 Å². The predicted octanol–water partition coefficient (Wildman–Crippen LogP) is 6.08. The molecule has 0 aromatic rings. The fourth-order valence-electron chi connectivity index (χ4n) is 7.49. The minimum absolute atomic E-state index is 0.310. The quantitative estimate of drug-likeness (QED) is 0.213.